The van der Waals surface area contributed by atoms with Gasteiger partial charge in [-0.2, -0.15) is 0 Å². The molecule has 0 saturated carbocycles. The molecule has 0 aromatic carbocycles. The molecule has 19 heavy (non-hydrogen) atoms. The number of nitrogens with one attached hydrogen (secondary N) is 1. The molecule has 0 radical (unpaired) electrons. The second-order valence-electron chi connectivity index (χ2n) is 4.20. The first-order valence-electron chi connectivity index (χ1n) is 5.88. The smallest absolute Gasteiger partial charge is 0.263 e. The van der Waals surface area contributed by atoms with Crippen molar-refractivity contribution in [3.05, 3.63) is 39.7 Å². The number of furan rings is 1. The fourth-order valence-electron chi connectivity index (χ4n) is 1.75. The minimum atomic E-state index is -0.298. The first-order chi connectivity index (χ1) is 9.11. The predicted octanol–water partition coefficient (Wildman–Crippen LogP) is 2.47. The molecular formula is C13H16N2O3S. The van der Waals surface area contributed by atoms with E-state index in [-0.39, 0.29) is 11.9 Å². The molecule has 1 N–H and O–H groups in total. The molecule has 2 rings (SSSR count). The van der Waals surface area contributed by atoms with Crippen molar-refractivity contribution >= 4 is 17.2 Å². The van der Waals surface area contributed by atoms with Crippen LogP contribution in [-0.2, 0) is 4.74 Å². The zero-order valence-corrected chi connectivity index (χ0v) is 11.9. The Balaban J connectivity index is 2.13. The standard InChI is InChI=1S/C13H16N2O3S/c1-8-4-5-11(18-8)10(6-17-3)15-13(16)12-9(2)14-7-19-12/h4-5,7,10H,6H2,1-3H3,(H,15,16)/t10-/m0/s1. The van der Waals surface area contributed by atoms with E-state index >= 15 is 0 Å². The van der Waals surface area contributed by atoms with Crippen LogP contribution < -0.4 is 5.32 Å². The SMILES string of the molecule is COC[C@H](NC(=O)c1scnc1C)c1ccc(C)o1. The van der Waals surface area contributed by atoms with Crippen LogP contribution in [-0.4, -0.2) is 24.6 Å². The van der Waals surface area contributed by atoms with Gasteiger partial charge in [0.05, 0.1) is 17.8 Å². The van der Waals surface area contributed by atoms with Crippen LogP contribution in [0.2, 0.25) is 0 Å². The molecule has 0 bridgehead atoms. The summed E-state index contributed by atoms with van der Waals surface area (Å²) in [4.78, 5) is 16.8. The Hall–Kier alpha value is -1.66. The van der Waals surface area contributed by atoms with E-state index in [1.54, 1.807) is 12.6 Å². The van der Waals surface area contributed by atoms with Crippen molar-refractivity contribution in [2.24, 2.45) is 0 Å². The van der Waals surface area contributed by atoms with Gasteiger partial charge in [0.25, 0.3) is 5.91 Å². The predicted molar refractivity (Wildman–Crippen MR) is 72.4 cm³/mol. The number of hydrogen-bond acceptors (Lipinski definition) is 5. The van der Waals surface area contributed by atoms with Gasteiger partial charge in [-0.05, 0) is 26.0 Å². The minimum absolute atomic E-state index is 0.156. The Kier molecular flexibility index (Phi) is 4.34. The first kappa shape index (κ1) is 13.8. The number of aromatic nitrogens is 1. The highest BCUT2D eigenvalue weighted by molar-refractivity contribution is 7.11. The molecule has 0 unspecified atom stereocenters. The molecule has 1 amide bonds. The third-order valence-electron chi connectivity index (χ3n) is 2.69. The highest BCUT2D eigenvalue weighted by Crippen LogP contribution is 2.19. The second-order valence-corrected chi connectivity index (χ2v) is 5.05. The van der Waals surface area contributed by atoms with Gasteiger partial charge in [0.2, 0.25) is 0 Å². The molecule has 6 heteroatoms. The highest BCUT2D eigenvalue weighted by Gasteiger charge is 2.20. The second kappa shape index (κ2) is 5.99. The van der Waals surface area contributed by atoms with Crippen LogP contribution in [0.3, 0.4) is 0 Å². The number of carbonyl (C=O) groups excluding carboxylic acids is 1. The topological polar surface area (TPSA) is 64.4 Å². The summed E-state index contributed by atoms with van der Waals surface area (Å²) >= 11 is 1.32. The quantitative estimate of drug-likeness (QED) is 0.913. The molecule has 1 atom stereocenters. The van der Waals surface area contributed by atoms with Crippen molar-refractivity contribution in [3.8, 4) is 0 Å². The van der Waals surface area contributed by atoms with Crippen LogP contribution in [0.1, 0.15) is 32.9 Å². The number of hydrogen-bond donors (Lipinski definition) is 1. The van der Waals surface area contributed by atoms with Gasteiger partial charge in [0.1, 0.15) is 22.4 Å². The van der Waals surface area contributed by atoms with E-state index in [2.05, 4.69) is 10.3 Å². The summed E-state index contributed by atoms with van der Waals surface area (Å²) in [5.41, 5.74) is 2.39. The average molecular weight is 280 g/mol. The third-order valence-corrected chi connectivity index (χ3v) is 3.62. The van der Waals surface area contributed by atoms with E-state index in [0.29, 0.717) is 17.2 Å². The molecular weight excluding hydrogens is 264 g/mol. The number of ether oxygens (including phenoxy) is 1. The van der Waals surface area contributed by atoms with Crippen molar-refractivity contribution < 1.29 is 13.9 Å². The van der Waals surface area contributed by atoms with Gasteiger partial charge in [0.15, 0.2) is 0 Å². The van der Waals surface area contributed by atoms with E-state index in [4.69, 9.17) is 9.15 Å². The van der Waals surface area contributed by atoms with Crippen LogP contribution in [0.4, 0.5) is 0 Å². The maximum atomic E-state index is 12.2. The number of thiazole rings is 1. The normalized spacial score (nSPS) is 12.4. The highest BCUT2D eigenvalue weighted by atomic mass is 32.1. The number of nitrogens with zero attached hydrogens (tertiary/aromatic N) is 1. The van der Waals surface area contributed by atoms with Gasteiger partial charge in [-0.1, -0.05) is 0 Å². The van der Waals surface area contributed by atoms with Crippen LogP contribution in [0, 0.1) is 13.8 Å². The Morgan fingerprint density at radius 1 is 1.53 bits per heavy atom. The summed E-state index contributed by atoms with van der Waals surface area (Å²) in [6.07, 6.45) is 0. The van der Waals surface area contributed by atoms with Crippen LogP contribution in [0.25, 0.3) is 0 Å². The molecule has 0 aliphatic heterocycles. The van der Waals surface area contributed by atoms with Crippen molar-refractivity contribution in [1.82, 2.24) is 10.3 Å². The Morgan fingerprint density at radius 3 is 2.84 bits per heavy atom. The van der Waals surface area contributed by atoms with Crippen molar-refractivity contribution in [2.45, 2.75) is 19.9 Å². The molecule has 0 fully saturated rings. The van der Waals surface area contributed by atoms with Gasteiger partial charge in [-0.25, -0.2) is 4.98 Å². The van der Waals surface area contributed by atoms with Gasteiger partial charge in [-0.3, -0.25) is 4.79 Å². The van der Waals surface area contributed by atoms with Crippen LogP contribution in [0.15, 0.2) is 22.1 Å². The van der Waals surface area contributed by atoms with Gasteiger partial charge < -0.3 is 14.5 Å². The number of carbonyl (C=O) groups is 1. The average Bonchev–Trinajstić information content (AvgIpc) is 2.97. The number of methoxy groups -OCH3 is 1. The zero-order valence-electron chi connectivity index (χ0n) is 11.1. The maximum Gasteiger partial charge on any atom is 0.263 e. The molecule has 2 heterocycles. The van der Waals surface area contributed by atoms with Crippen molar-refractivity contribution in [2.75, 3.05) is 13.7 Å². The van der Waals surface area contributed by atoms with E-state index in [0.717, 1.165) is 11.5 Å². The van der Waals surface area contributed by atoms with Gasteiger partial charge in [-0.15, -0.1) is 11.3 Å². The number of aryl methyl sites for hydroxylation is 2. The van der Waals surface area contributed by atoms with Crippen LogP contribution >= 0.6 is 11.3 Å². The summed E-state index contributed by atoms with van der Waals surface area (Å²) < 4.78 is 10.7. The van der Waals surface area contributed by atoms with Crippen molar-refractivity contribution in [1.29, 1.82) is 0 Å². The molecule has 2 aromatic heterocycles. The molecule has 0 saturated heterocycles. The summed E-state index contributed by atoms with van der Waals surface area (Å²) in [6, 6.07) is 3.41. The molecule has 0 aliphatic rings. The Labute approximate surface area is 115 Å². The molecule has 102 valence electrons. The van der Waals surface area contributed by atoms with Crippen LogP contribution in [0.5, 0.6) is 0 Å². The Bertz CT molecular complexity index is 562. The number of rotatable bonds is 5. The van der Waals surface area contributed by atoms with E-state index in [1.165, 1.54) is 11.3 Å². The minimum Gasteiger partial charge on any atom is -0.464 e. The van der Waals surface area contributed by atoms with E-state index in [9.17, 15) is 4.79 Å². The first-order valence-corrected chi connectivity index (χ1v) is 6.76. The lowest BCUT2D eigenvalue weighted by Crippen LogP contribution is -2.31. The number of amides is 1. The molecule has 0 spiro atoms. The fourth-order valence-corrected chi connectivity index (χ4v) is 2.45. The summed E-state index contributed by atoms with van der Waals surface area (Å²) in [7, 11) is 1.59. The summed E-state index contributed by atoms with van der Waals surface area (Å²) in [5.74, 6) is 1.34. The summed E-state index contributed by atoms with van der Waals surface area (Å²) in [5, 5.41) is 2.90. The lowest BCUT2D eigenvalue weighted by Gasteiger charge is -2.15. The lowest BCUT2D eigenvalue weighted by molar-refractivity contribution is 0.0885. The zero-order chi connectivity index (χ0) is 13.8. The molecule has 0 aliphatic carbocycles. The molecule has 2 aromatic rings. The maximum absolute atomic E-state index is 12.2. The van der Waals surface area contributed by atoms with Gasteiger partial charge >= 0.3 is 0 Å². The van der Waals surface area contributed by atoms with Gasteiger partial charge in [0, 0.05) is 7.11 Å². The van der Waals surface area contributed by atoms with Crippen molar-refractivity contribution in [3.63, 3.8) is 0 Å². The van der Waals surface area contributed by atoms with E-state index in [1.807, 2.05) is 26.0 Å². The summed E-state index contributed by atoms with van der Waals surface area (Å²) in [6.45, 7) is 4.03. The molecule has 5 nitrogen and oxygen atoms in total. The Morgan fingerprint density at radius 2 is 2.32 bits per heavy atom. The monoisotopic (exact) mass is 280 g/mol. The largest absolute Gasteiger partial charge is 0.464 e. The lowest BCUT2D eigenvalue weighted by atomic mass is 10.2. The van der Waals surface area contributed by atoms with E-state index < -0.39 is 0 Å². The fraction of sp³-hybridized carbons (Fsp3) is 0.385. The third kappa shape index (κ3) is 3.21.